The molecule has 0 aliphatic heterocycles. The van der Waals surface area contributed by atoms with Crippen LogP contribution in [0.1, 0.15) is 16.1 Å². The summed E-state index contributed by atoms with van der Waals surface area (Å²) in [6.07, 6.45) is 0. The predicted molar refractivity (Wildman–Crippen MR) is 79.4 cm³/mol. The Morgan fingerprint density at radius 3 is 2.74 bits per heavy atom. The molecule has 0 fully saturated rings. The fourth-order valence-corrected chi connectivity index (χ4v) is 2.39. The molecule has 0 saturated heterocycles. The van der Waals surface area contributed by atoms with Crippen molar-refractivity contribution in [3.05, 3.63) is 38.8 Å². The number of nitrogen functional groups attached to an aromatic ring is 1. The number of nitrogens with zero attached hydrogens (tertiary/aromatic N) is 2. The van der Waals surface area contributed by atoms with Gasteiger partial charge in [-0.2, -0.15) is 5.10 Å². The van der Waals surface area contributed by atoms with Crippen molar-refractivity contribution in [2.45, 2.75) is 6.92 Å². The summed E-state index contributed by atoms with van der Waals surface area (Å²) in [5, 5.41) is 6.79. The van der Waals surface area contributed by atoms with Crippen LogP contribution >= 0.6 is 22.6 Å². The molecule has 1 aromatic carbocycles. The van der Waals surface area contributed by atoms with Gasteiger partial charge >= 0.3 is 0 Å². The van der Waals surface area contributed by atoms with Gasteiger partial charge in [0.25, 0.3) is 5.91 Å². The molecule has 100 valence electrons. The van der Waals surface area contributed by atoms with E-state index in [0.29, 0.717) is 26.3 Å². The number of carbonyl (C=O) groups is 1. The summed E-state index contributed by atoms with van der Waals surface area (Å²) in [5.74, 6) is -0.293. The highest BCUT2D eigenvalue weighted by atomic mass is 127. The number of hydrogen-bond acceptors (Lipinski definition) is 3. The number of rotatable bonds is 2. The zero-order valence-corrected chi connectivity index (χ0v) is 12.5. The summed E-state index contributed by atoms with van der Waals surface area (Å²) in [6.45, 7) is 1.76. The highest BCUT2D eigenvalue weighted by Gasteiger charge is 2.16. The van der Waals surface area contributed by atoms with Crippen molar-refractivity contribution in [1.82, 2.24) is 9.78 Å². The molecule has 2 rings (SSSR count). The van der Waals surface area contributed by atoms with Gasteiger partial charge in [-0.1, -0.05) is 0 Å². The fourth-order valence-electron chi connectivity index (χ4n) is 1.67. The van der Waals surface area contributed by atoms with E-state index in [4.69, 9.17) is 5.73 Å². The lowest BCUT2D eigenvalue weighted by atomic mass is 10.2. The zero-order valence-electron chi connectivity index (χ0n) is 10.4. The molecule has 1 aromatic heterocycles. The van der Waals surface area contributed by atoms with Crippen LogP contribution in [0.25, 0.3) is 0 Å². The highest BCUT2D eigenvalue weighted by molar-refractivity contribution is 14.1. The van der Waals surface area contributed by atoms with Crippen molar-refractivity contribution in [2.24, 2.45) is 7.05 Å². The number of aromatic nitrogens is 2. The third-order valence-electron chi connectivity index (χ3n) is 2.68. The monoisotopic (exact) mass is 374 g/mol. The maximum atomic E-state index is 13.0. The Bertz CT molecular complexity index is 653. The SMILES string of the molecule is Cc1nn(C)c(NC(=O)c2ccc(F)cc2I)c1N. The second kappa shape index (κ2) is 5.16. The van der Waals surface area contributed by atoms with E-state index >= 15 is 0 Å². The standard InChI is InChI=1S/C12H12FIN4O/c1-6-10(15)11(18(2)17-6)16-12(19)8-4-3-7(13)5-9(8)14/h3-5H,15H2,1-2H3,(H,16,19). The summed E-state index contributed by atoms with van der Waals surface area (Å²) in [6, 6.07) is 3.98. The van der Waals surface area contributed by atoms with Gasteiger partial charge in [0.05, 0.1) is 16.9 Å². The average molecular weight is 374 g/mol. The summed E-state index contributed by atoms with van der Waals surface area (Å²) >= 11 is 1.91. The quantitative estimate of drug-likeness (QED) is 0.793. The van der Waals surface area contributed by atoms with Gasteiger partial charge in [-0.15, -0.1) is 0 Å². The molecule has 2 aromatic rings. The first kappa shape index (κ1) is 13.8. The molecular formula is C12H12FIN4O. The molecule has 0 unspecified atom stereocenters. The molecule has 1 heterocycles. The Kier molecular flexibility index (Phi) is 3.74. The third kappa shape index (κ3) is 2.70. The lowest BCUT2D eigenvalue weighted by molar-refractivity contribution is 0.102. The van der Waals surface area contributed by atoms with E-state index in [9.17, 15) is 9.18 Å². The largest absolute Gasteiger partial charge is 0.394 e. The number of benzene rings is 1. The molecular weight excluding hydrogens is 362 g/mol. The molecule has 19 heavy (non-hydrogen) atoms. The smallest absolute Gasteiger partial charge is 0.257 e. The predicted octanol–water partition coefficient (Wildman–Crippen LogP) is 2.31. The average Bonchev–Trinajstić information content (AvgIpc) is 2.56. The van der Waals surface area contributed by atoms with E-state index < -0.39 is 0 Å². The second-order valence-electron chi connectivity index (χ2n) is 4.05. The second-order valence-corrected chi connectivity index (χ2v) is 5.21. The van der Waals surface area contributed by atoms with Gasteiger partial charge < -0.3 is 11.1 Å². The Morgan fingerprint density at radius 2 is 2.21 bits per heavy atom. The number of aryl methyl sites for hydroxylation is 2. The van der Waals surface area contributed by atoms with Crippen LogP contribution in [0.2, 0.25) is 0 Å². The molecule has 0 radical (unpaired) electrons. The molecule has 0 atom stereocenters. The van der Waals surface area contributed by atoms with Crippen LogP contribution in [0.5, 0.6) is 0 Å². The minimum absolute atomic E-state index is 0.348. The topological polar surface area (TPSA) is 72.9 Å². The lowest BCUT2D eigenvalue weighted by Gasteiger charge is -2.08. The van der Waals surface area contributed by atoms with Crippen LogP contribution in [0.4, 0.5) is 15.9 Å². The van der Waals surface area contributed by atoms with Gasteiger partial charge in [0.2, 0.25) is 0 Å². The Hall–Kier alpha value is -1.64. The summed E-state index contributed by atoms with van der Waals surface area (Å²) in [4.78, 5) is 12.1. The number of nitrogens with one attached hydrogen (secondary N) is 1. The summed E-state index contributed by atoms with van der Waals surface area (Å²) < 4.78 is 15.0. The van der Waals surface area contributed by atoms with E-state index in [1.54, 1.807) is 14.0 Å². The van der Waals surface area contributed by atoms with Gasteiger partial charge in [-0.05, 0) is 47.7 Å². The van der Waals surface area contributed by atoms with Gasteiger partial charge in [0, 0.05) is 10.6 Å². The number of amides is 1. The molecule has 0 aliphatic carbocycles. The minimum Gasteiger partial charge on any atom is -0.394 e. The maximum absolute atomic E-state index is 13.0. The van der Waals surface area contributed by atoms with Gasteiger partial charge in [0.15, 0.2) is 5.82 Å². The molecule has 7 heteroatoms. The minimum atomic E-state index is -0.378. The van der Waals surface area contributed by atoms with Crippen LogP contribution < -0.4 is 11.1 Å². The van der Waals surface area contributed by atoms with Crippen molar-refractivity contribution < 1.29 is 9.18 Å². The number of carbonyl (C=O) groups excluding carboxylic acids is 1. The van der Waals surface area contributed by atoms with Crippen molar-refractivity contribution in [3.8, 4) is 0 Å². The first-order chi connectivity index (χ1) is 8.90. The van der Waals surface area contributed by atoms with Crippen LogP contribution in [-0.4, -0.2) is 15.7 Å². The van der Waals surface area contributed by atoms with E-state index in [2.05, 4.69) is 10.4 Å². The Balaban J connectivity index is 2.31. The number of nitrogens with two attached hydrogens (primary N) is 1. The van der Waals surface area contributed by atoms with Crippen LogP contribution in [-0.2, 0) is 7.05 Å². The van der Waals surface area contributed by atoms with Crippen molar-refractivity contribution in [2.75, 3.05) is 11.1 Å². The van der Waals surface area contributed by atoms with Crippen molar-refractivity contribution >= 4 is 40.0 Å². The summed E-state index contributed by atoms with van der Waals surface area (Å²) in [7, 11) is 1.69. The molecule has 0 saturated carbocycles. The van der Waals surface area contributed by atoms with Gasteiger partial charge in [0.1, 0.15) is 5.82 Å². The molecule has 3 N–H and O–H groups in total. The summed E-state index contributed by atoms with van der Waals surface area (Å²) in [5.41, 5.74) is 7.29. The molecule has 0 spiro atoms. The van der Waals surface area contributed by atoms with E-state index in [1.165, 1.54) is 22.9 Å². The molecule has 1 amide bonds. The van der Waals surface area contributed by atoms with E-state index in [0.717, 1.165) is 0 Å². The van der Waals surface area contributed by atoms with Gasteiger partial charge in [-0.25, -0.2) is 4.39 Å². The first-order valence-electron chi connectivity index (χ1n) is 5.45. The highest BCUT2D eigenvalue weighted by Crippen LogP contribution is 2.22. The fraction of sp³-hybridized carbons (Fsp3) is 0.167. The Morgan fingerprint density at radius 1 is 1.53 bits per heavy atom. The zero-order chi connectivity index (χ0) is 14.2. The number of anilines is 2. The molecule has 0 aliphatic rings. The van der Waals surface area contributed by atoms with Gasteiger partial charge in [-0.3, -0.25) is 9.48 Å². The van der Waals surface area contributed by atoms with E-state index in [-0.39, 0.29) is 11.7 Å². The molecule has 5 nitrogen and oxygen atoms in total. The maximum Gasteiger partial charge on any atom is 0.257 e. The lowest BCUT2D eigenvalue weighted by Crippen LogP contribution is -2.16. The Labute approximate surface area is 123 Å². The van der Waals surface area contributed by atoms with Crippen LogP contribution in [0, 0.1) is 16.3 Å². The van der Waals surface area contributed by atoms with E-state index in [1.807, 2.05) is 22.6 Å². The first-order valence-corrected chi connectivity index (χ1v) is 6.53. The normalized spacial score (nSPS) is 10.5. The molecule has 0 bridgehead atoms. The van der Waals surface area contributed by atoms with Crippen molar-refractivity contribution in [1.29, 1.82) is 0 Å². The van der Waals surface area contributed by atoms with Crippen LogP contribution in [0.15, 0.2) is 18.2 Å². The number of halogens is 2. The third-order valence-corrected chi connectivity index (χ3v) is 3.57. The van der Waals surface area contributed by atoms with Crippen LogP contribution in [0.3, 0.4) is 0 Å². The number of hydrogen-bond donors (Lipinski definition) is 2. The van der Waals surface area contributed by atoms with Crippen molar-refractivity contribution in [3.63, 3.8) is 0 Å².